The predicted molar refractivity (Wildman–Crippen MR) is 74.8 cm³/mol. The molecule has 0 spiro atoms. The van der Waals surface area contributed by atoms with Crippen LogP contribution in [0.5, 0.6) is 0 Å². The molecule has 1 amide bonds. The molecule has 5 heteroatoms. The van der Waals surface area contributed by atoms with E-state index in [-0.39, 0.29) is 6.54 Å². The second kappa shape index (κ2) is 6.95. The van der Waals surface area contributed by atoms with Crippen molar-refractivity contribution >= 4 is 5.91 Å². The van der Waals surface area contributed by atoms with Gasteiger partial charge in [0.15, 0.2) is 0 Å². The minimum absolute atomic E-state index is 0.0818. The maximum Gasteiger partial charge on any atom is 0.257 e. The van der Waals surface area contributed by atoms with Crippen LogP contribution in [0.3, 0.4) is 0 Å². The number of carbonyl (C=O) groups excluding carboxylic acids is 1. The zero-order chi connectivity index (χ0) is 15.2. The molecular formula is C16H15F2NO2. The van der Waals surface area contributed by atoms with Crippen molar-refractivity contribution in [3.8, 4) is 0 Å². The third-order valence-electron chi connectivity index (χ3n) is 3.00. The second-order valence-electron chi connectivity index (χ2n) is 4.65. The van der Waals surface area contributed by atoms with Crippen molar-refractivity contribution in [3.63, 3.8) is 0 Å². The maximum atomic E-state index is 13.4. The Hall–Kier alpha value is -2.27. The van der Waals surface area contributed by atoms with E-state index in [2.05, 4.69) is 5.32 Å². The smallest absolute Gasteiger partial charge is 0.257 e. The minimum atomic E-state index is -0.926. The first-order valence-corrected chi connectivity index (χ1v) is 6.52. The fourth-order valence-electron chi connectivity index (χ4n) is 1.97. The lowest BCUT2D eigenvalue weighted by Gasteiger charge is -2.12. The second-order valence-corrected chi connectivity index (χ2v) is 4.65. The first-order valence-electron chi connectivity index (χ1n) is 6.52. The number of benzene rings is 2. The third kappa shape index (κ3) is 4.10. The predicted octanol–water partition coefficient (Wildman–Crippen LogP) is 2.30. The van der Waals surface area contributed by atoms with Crippen LogP contribution in [0.4, 0.5) is 8.78 Å². The number of rotatable bonds is 5. The first kappa shape index (κ1) is 15.1. The first-order chi connectivity index (χ1) is 10.1. The van der Waals surface area contributed by atoms with E-state index in [9.17, 15) is 18.7 Å². The summed E-state index contributed by atoms with van der Waals surface area (Å²) in [5.74, 6) is -2.73. The monoisotopic (exact) mass is 291 g/mol. The Kier molecular flexibility index (Phi) is 5.00. The van der Waals surface area contributed by atoms with Crippen molar-refractivity contribution in [2.75, 3.05) is 6.54 Å². The van der Waals surface area contributed by atoms with Gasteiger partial charge in [-0.15, -0.1) is 0 Å². The minimum Gasteiger partial charge on any atom is -0.391 e. The highest BCUT2D eigenvalue weighted by Gasteiger charge is 2.17. The quantitative estimate of drug-likeness (QED) is 0.888. The lowest BCUT2D eigenvalue weighted by atomic mass is 10.1. The Morgan fingerprint density at radius 1 is 1.05 bits per heavy atom. The molecule has 21 heavy (non-hydrogen) atoms. The van der Waals surface area contributed by atoms with Crippen molar-refractivity contribution in [2.24, 2.45) is 0 Å². The van der Waals surface area contributed by atoms with Crippen molar-refractivity contribution in [3.05, 3.63) is 71.3 Å². The van der Waals surface area contributed by atoms with Gasteiger partial charge in [0.05, 0.1) is 6.10 Å². The van der Waals surface area contributed by atoms with Crippen LogP contribution >= 0.6 is 0 Å². The van der Waals surface area contributed by atoms with Crippen LogP contribution in [0.15, 0.2) is 48.5 Å². The zero-order valence-electron chi connectivity index (χ0n) is 11.2. The number of aliphatic hydroxyl groups excluding tert-OH is 1. The molecule has 1 atom stereocenters. The number of carbonyl (C=O) groups is 1. The molecule has 0 bridgehead atoms. The summed E-state index contributed by atoms with van der Waals surface area (Å²) in [5.41, 5.74) is 0.278. The molecule has 0 saturated carbocycles. The molecule has 0 aliphatic rings. The SMILES string of the molecule is O=C(NC[C@H](O)Cc1ccccc1)c1c(F)cccc1F. The number of hydrogen-bond acceptors (Lipinski definition) is 2. The summed E-state index contributed by atoms with van der Waals surface area (Å²) in [6.07, 6.45) is -0.480. The number of halogens is 2. The highest BCUT2D eigenvalue weighted by Crippen LogP contribution is 2.11. The molecule has 0 heterocycles. The van der Waals surface area contributed by atoms with E-state index in [1.807, 2.05) is 30.3 Å². The van der Waals surface area contributed by atoms with Crippen LogP contribution < -0.4 is 5.32 Å². The van der Waals surface area contributed by atoms with Gasteiger partial charge in [0, 0.05) is 13.0 Å². The normalized spacial score (nSPS) is 12.0. The van der Waals surface area contributed by atoms with Gasteiger partial charge in [-0.25, -0.2) is 8.78 Å². The van der Waals surface area contributed by atoms with Gasteiger partial charge in [-0.3, -0.25) is 4.79 Å². The molecule has 0 radical (unpaired) electrons. The highest BCUT2D eigenvalue weighted by molar-refractivity contribution is 5.94. The molecule has 110 valence electrons. The summed E-state index contributed by atoms with van der Waals surface area (Å²) in [5, 5.41) is 12.2. The number of nitrogens with one attached hydrogen (secondary N) is 1. The van der Waals surface area contributed by atoms with Gasteiger partial charge in [0.25, 0.3) is 5.91 Å². The van der Waals surface area contributed by atoms with Crippen molar-refractivity contribution < 1.29 is 18.7 Å². The topological polar surface area (TPSA) is 49.3 Å². The average Bonchev–Trinajstić information content (AvgIpc) is 2.46. The van der Waals surface area contributed by atoms with E-state index in [1.165, 1.54) is 6.07 Å². The van der Waals surface area contributed by atoms with Crippen molar-refractivity contribution in [1.82, 2.24) is 5.32 Å². The van der Waals surface area contributed by atoms with E-state index < -0.39 is 29.2 Å². The lowest BCUT2D eigenvalue weighted by Crippen LogP contribution is -2.34. The average molecular weight is 291 g/mol. The molecule has 0 aromatic heterocycles. The number of amides is 1. The van der Waals surface area contributed by atoms with Crippen LogP contribution in [0.1, 0.15) is 15.9 Å². The van der Waals surface area contributed by atoms with Gasteiger partial charge in [0.2, 0.25) is 0 Å². The molecule has 0 unspecified atom stereocenters. The van der Waals surface area contributed by atoms with Crippen LogP contribution in [0, 0.1) is 11.6 Å². The summed E-state index contributed by atoms with van der Waals surface area (Å²) in [7, 11) is 0. The Labute approximate surface area is 121 Å². The van der Waals surface area contributed by atoms with Gasteiger partial charge in [-0.1, -0.05) is 36.4 Å². The molecule has 2 rings (SSSR count). The van der Waals surface area contributed by atoms with Gasteiger partial charge in [-0.05, 0) is 17.7 Å². The van der Waals surface area contributed by atoms with Gasteiger partial charge >= 0.3 is 0 Å². The molecule has 2 N–H and O–H groups in total. The van der Waals surface area contributed by atoms with Crippen LogP contribution in [0.2, 0.25) is 0 Å². The maximum absolute atomic E-state index is 13.4. The third-order valence-corrected chi connectivity index (χ3v) is 3.00. The number of hydrogen-bond donors (Lipinski definition) is 2. The molecule has 0 aliphatic heterocycles. The van der Waals surface area contributed by atoms with Crippen LogP contribution in [0.25, 0.3) is 0 Å². The van der Waals surface area contributed by atoms with Gasteiger partial charge < -0.3 is 10.4 Å². The molecule has 2 aromatic rings. The summed E-state index contributed by atoms with van der Waals surface area (Å²) in [6.45, 7) is -0.0818. The standard InChI is InChI=1S/C16H15F2NO2/c17-13-7-4-8-14(18)15(13)16(21)19-10-12(20)9-11-5-2-1-3-6-11/h1-8,12,20H,9-10H2,(H,19,21)/t12-/m1/s1. The lowest BCUT2D eigenvalue weighted by molar-refractivity contribution is 0.0907. The van der Waals surface area contributed by atoms with E-state index in [0.29, 0.717) is 6.42 Å². The largest absolute Gasteiger partial charge is 0.391 e. The summed E-state index contributed by atoms with van der Waals surface area (Å²) < 4.78 is 26.8. The fraction of sp³-hybridized carbons (Fsp3) is 0.188. The van der Waals surface area contributed by atoms with E-state index in [1.54, 1.807) is 0 Å². The number of aliphatic hydroxyl groups is 1. The van der Waals surface area contributed by atoms with E-state index in [4.69, 9.17) is 0 Å². The highest BCUT2D eigenvalue weighted by atomic mass is 19.1. The van der Waals surface area contributed by atoms with Crippen molar-refractivity contribution in [2.45, 2.75) is 12.5 Å². The molecular weight excluding hydrogens is 276 g/mol. The molecule has 0 fully saturated rings. The zero-order valence-corrected chi connectivity index (χ0v) is 11.2. The molecule has 3 nitrogen and oxygen atoms in total. The van der Waals surface area contributed by atoms with Crippen LogP contribution in [-0.4, -0.2) is 23.7 Å². The van der Waals surface area contributed by atoms with E-state index in [0.717, 1.165) is 17.7 Å². The molecule has 0 aliphatic carbocycles. The van der Waals surface area contributed by atoms with Crippen LogP contribution in [-0.2, 0) is 6.42 Å². The Bertz CT molecular complexity index is 597. The van der Waals surface area contributed by atoms with E-state index >= 15 is 0 Å². The molecule has 0 saturated heterocycles. The Morgan fingerprint density at radius 3 is 2.29 bits per heavy atom. The fourth-order valence-corrected chi connectivity index (χ4v) is 1.97. The Balaban J connectivity index is 1.92. The summed E-state index contributed by atoms with van der Waals surface area (Å²) in [4.78, 5) is 11.7. The van der Waals surface area contributed by atoms with Crippen molar-refractivity contribution in [1.29, 1.82) is 0 Å². The molecule has 2 aromatic carbocycles. The summed E-state index contributed by atoms with van der Waals surface area (Å²) in [6, 6.07) is 12.5. The summed E-state index contributed by atoms with van der Waals surface area (Å²) >= 11 is 0. The van der Waals surface area contributed by atoms with Gasteiger partial charge in [-0.2, -0.15) is 0 Å². The Morgan fingerprint density at radius 2 is 1.67 bits per heavy atom. The van der Waals surface area contributed by atoms with Gasteiger partial charge in [0.1, 0.15) is 17.2 Å².